The van der Waals surface area contributed by atoms with Crippen molar-refractivity contribution in [2.75, 3.05) is 0 Å². The molecule has 0 saturated heterocycles. The molecule has 0 atom stereocenters. The Labute approximate surface area is 136 Å². The van der Waals surface area contributed by atoms with Crippen molar-refractivity contribution < 1.29 is 0 Å². The molecule has 0 fully saturated rings. The van der Waals surface area contributed by atoms with E-state index in [1.807, 2.05) is 16.7 Å². The second kappa shape index (κ2) is 5.57. The Morgan fingerprint density at radius 2 is 2.00 bits per heavy atom. The van der Waals surface area contributed by atoms with Gasteiger partial charge in [0.25, 0.3) is 0 Å². The van der Waals surface area contributed by atoms with Gasteiger partial charge < -0.3 is 0 Å². The Balaban J connectivity index is 2.43. The third kappa shape index (κ3) is 2.36. The number of hydrogen-bond acceptors (Lipinski definition) is 2. The van der Waals surface area contributed by atoms with Crippen molar-refractivity contribution in [3.63, 3.8) is 0 Å². The van der Waals surface area contributed by atoms with Crippen molar-refractivity contribution in [2.24, 2.45) is 0 Å². The van der Waals surface area contributed by atoms with Crippen LogP contribution in [-0.4, -0.2) is 9.55 Å². The summed E-state index contributed by atoms with van der Waals surface area (Å²) in [4.78, 5) is 4.46. The monoisotopic (exact) mass is 335 g/mol. The Hall–Kier alpha value is -1.73. The molecule has 0 radical (unpaired) electrons. The molecule has 0 aliphatic heterocycles. The molecule has 0 aliphatic carbocycles. The standard InChI is InChI=1S/C15H8Cl3N3/c16-7-14-20-15-11(18)2-1-3-12(15)21(14)13-6-10(17)5-4-9(13)8-19/h1-6H,7H2. The van der Waals surface area contributed by atoms with Crippen molar-refractivity contribution in [3.8, 4) is 11.8 Å². The van der Waals surface area contributed by atoms with E-state index >= 15 is 0 Å². The summed E-state index contributed by atoms with van der Waals surface area (Å²) in [5.41, 5.74) is 2.58. The largest absolute Gasteiger partial charge is 0.294 e. The zero-order chi connectivity index (χ0) is 15.0. The summed E-state index contributed by atoms with van der Waals surface area (Å²) in [5, 5.41) is 10.4. The maximum Gasteiger partial charge on any atom is 0.129 e. The van der Waals surface area contributed by atoms with E-state index in [-0.39, 0.29) is 5.88 Å². The molecule has 3 aromatic rings. The van der Waals surface area contributed by atoms with E-state index in [0.717, 1.165) is 5.52 Å². The summed E-state index contributed by atoms with van der Waals surface area (Å²) in [6.45, 7) is 0. The minimum Gasteiger partial charge on any atom is -0.294 e. The van der Waals surface area contributed by atoms with Gasteiger partial charge in [0.2, 0.25) is 0 Å². The SMILES string of the molecule is N#Cc1ccc(Cl)cc1-n1c(CCl)nc2c(Cl)cccc21. The molecule has 0 unspecified atom stereocenters. The minimum atomic E-state index is 0.197. The van der Waals surface area contributed by atoms with Gasteiger partial charge in [0, 0.05) is 5.02 Å². The molecule has 0 aliphatic rings. The molecule has 0 spiro atoms. The fourth-order valence-electron chi connectivity index (χ4n) is 2.26. The molecule has 1 heterocycles. The molecule has 0 amide bonds. The zero-order valence-electron chi connectivity index (χ0n) is 10.6. The topological polar surface area (TPSA) is 41.6 Å². The van der Waals surface area contributed by atoms with Crippen LogP contribution < -0.4 is 0 Å². The third-order valence-corrected chi connectivity index (χ3v) is 3.93. The van der Waals surface area contributed by atoms with E-state index in [4.69, 9.17) is 34.8 Å². The number of halogens is 3. The second-order valence-electron chi connectivity index (χ2n) is 4.38. The van der Waals surface area contributed by atoms with Gasteiger partial charge in [-0.1, -0.05) is 29.3 Å². The Bertz CT molecular complexity index is 878. The first-order chi connectivity index (χ1) is 10.2. The summed E-state index contributed by atoms with van der Waals surface area (Å²) in [6, 6.07) is 12.7. The van der Waals surface area contributed by atoms with E-state index in [0.29, 0.717) is 32.6 Å². The lowest BCUT2D eigenvalue weighted by Gasteiger charge is -2.10. The van der Waals surface area contributed by atoms with E-state index in [9.17, 15) is 5.26 Å². The molecule has 0 N–H and O–H groups in total. The van der Waals surface area contributed by atoms with E-state index in [1.54, 1.807) is 24.3 Å². The van der Waals surface area contributed by atoms with E-state index < -0.39 is 0 Å². The highest BCUT2D eigenvalue weighted by Gasteiger charge is 2.16. The van der Waals surface area contributed by atoms with Gasteiger partial charge in [-0.05, 0) is 30.3 Å². The molecular formula is C15H8Cl3N3. The van der Waals surface area contributed by atoms with Crippen LogP contribution in [0, 0.1) is 11.3 Å². The lowest BCUT2D eigenvalue weighted by atomic mass is 10.2. The van der Waals surface area contributed by atoms with E-state index in [2.05, 4.69) is 11.1 Å². The number of hydrogen-bond donors (Lipinski definition) is 0. The van der Waals surface area contributed by atoms with Gasteiger partial charge in [-0.2, -0.15) is 5.26 Å². The van der Waals surface area contributed by atoms with Gasteiger partial charge in [0.05, 0.1) is 27.7 Å². The van der Waals surface area contributed by atoms with Crippen molar-refractivity contribution in [2.45, 2.75) is 5.88 Å². The highest BCUT2D eigenvalue weighted by molar-refractivity contribution is 6.35. The van der Waals surface area contributed by atoms with Crippen molar-refractivity contribution in [1.29, 1.82) is 5.26 Å². The molecule has 0 bridgehead atoms. The first-order valence-corrected chi connectivity index (χ1v) is 7.36. The van der Waals surface area contributed by atoms with Crippen LogP contribution in [0.5, 0.6) is 0 Å². The van der Waals surface area contributed by atoms with Crippen molar-refractivity contribution >= 4 is 45.8 Å². The zero-order valence-corrected chi connectivity index (χ0v) is 12.9. The predicted octanol–water partition coefficient (Wildman–Crippen LogP) is 4.94. The molecular weight excluding hydrogens is 329 g/mol. The van der Waals surface area contributed by atoms with Crippen LogP contribution in [0.2, 0.25) is 10.0 Å². The molecule has 2 aromatic carbocycles. The minimum absolute atomic E-state index is 0.197. The van der Waals surface area contributed by atoms with Crippen LogP contribution in [0.3, 0.4) is 0 Å². The smallest absolute Gasteiger partial charge is 0.129 e. The number of imidazole rings is 1. The highest BCUT2D eigenvalue weighted by atomic mass is 35.5. The van der Waals surface area contributed by atoms with Crippen LogP contribution >= 0.6 is 34.8 Å². The summed E-state index contributed by atoms with van der Waals surface area (Å²) in [6.07, 6.45) is 0. The first kappa shape index (κ1) is 14.2. The fourth-order valence-corrected chi connectivity index (χ4v) is 2.81. The third-order valence-electron chi connectivity index (χ3n) is 3.15. The first-order valence-electron chi connectivity index (χ1n) is 6.07. The summed E-state index contributed by atoms with van der Waals surface area (Å²) in [5.74, 6) is 0.807. The molecule has 1 aromatic heterocycles. The van der Waals surface area contributed by atoms with Gasteiger partial charge in [-0.25, -0.2) is 4.98 Å². The van der Waals surface area contributed by atoms with Gasteiger partial charge in [0.1, 0.15) is 17.4 Å². The van der Waals surface area contributed by atoms with Gasteiger partial charge in [0.15, 0.2) is 0 Å². The molecule has 104 valence electrons. The highest BCUT2D eigenvalue weighted by Crippen LogP contribution is 2.30. The van der Waals surface area contributed by atoms with E-state index in [1.165, 1.54) is 0 Å². The van der Waals surface area contributed by atoms with Crippen LogP contribution in [-0.2, 0) is 5.88 Å². The van der Waals surface area contributed by atoms with Crippen LogP contribution in [0.1, 0.15) is 11.4 Å². The summed E-state index contributed by atoms with van der Waals surface area (Å²) < 4.78 is 1.82. The number of benzene rings is 2. The molecule has 0 saturated carbocycles. The van der Waals surface area contributed by atoms with Crippen molar-refractivity contribution in [1.82, 2.24) is 9.55 Å². The van der Waals surface area contributed by atoms with Gasteiger partial charge >= 0.3 is 0 Å². The molecule has 3 rings (SSSR count). The number of fused-ring (bicyclic) bond motifs is 1. The normalized spacial score (nSPS) is 10.8. The Morgan fingerprint density at radius 1 is 1.19 bits per heavy atom. The molecule has 6 heteroatoms. The van der Waals surface area contributed by atoms with Crippen LogP contribution in [0.4, 0.5) is 0 Å². The van der Waals surface area contributed by atoms with Gasteiger partial charge in [-0.3, -0.25) is 4.57 Å². The second-order valence-corrected chi connectivity index (χ2v) is 5.49. The lowest BCUT2D eigenvalue weighted by molar-refractivity contribution is 0.978. The van der Waals surface area contributed by atoms with Crippen LogP contribution in [0.15, 0.2) is 36.4 Å². The maximum atomic E-state index is 9.31. The molecule has 21 heavy (non-hydrogen) atoms. The van der Waals surface area contributed by atoms with Gasteiger partial charge in [-0.15, -0.1) is 11.6 Å². The maximum absolute atomic E-state index is 9.31. The number of aromatic nitrogens is 2. The Morgan fingerprint density at radius 3 is 2.71 bits per heavy atom. The number of alkyl halides is 1. The number of para-hydroxylation sites is 1. The van der Waals surface area contributed by atoms with Crippen LogP contribution in [0.25, 0.3) is 16.7 Å². The average Bonchev–Trinajstić information content (AvgIpc) is 2.87. The van der Waals surface area contributed by atoms with Crippen molar-refractivity contribution in [3.05, 3.63) is 57.8 Å². The summed E-state index contributed by atoms with van der Waals surface area (Å²) >= 11 is 18.2. The lowest BCUT2D eigenvalue weighted by Crippen LogP contribution is -2.02. The fraction of sp³-hybridized carbons (Fsp3) is 0.0667. The average molecular weight is 337 g/mol. The molecule has 3 nitrogen and oxygen atoms in total. The number of nitrogens with zero attached hydrogens (tertiary/aromatic N) is 3. The predicted molar refractivity (Wildman–Crippen MR) is 85.4 cm³/mol. The number of rotatable bonds is 2. The quantitative estimate of drug-likeness (QED) is 0.622. The number of nitriles is 1. The Kier molecular flexibility index (Phi) is 3.77. The summed E-state index contributed by atoms with van der Waals surface area (Å²) in [7, 11) is 0.